The van der Waals surface area contributed by atoms with Gasteiger partial charge in [-0.1, -0.05) is 12.8 Å². The SMILES string of the molecule is COCC(CCCN)N1CCC2(O)CCCCC2C1. The Kier molecular flexibility index (Phi) is 5.63. The zero-order valence-corrected chi connectivity index (χ0v) is 12.3. The molecule has 0 aromatic rings. The second kappa shape index (κ2) is 7.02. The highest BCUT2D eigenvalue weighted by Gasteiger charge is 2.43. The molecule has 4 nitrogen and oxygen atoms in total. The minimum absolute atomic E-state index is 0.375. The van der Waals surface area contributed by atoms with Crippen molar-refractivity contribution in [3.63, 3.8) is 0 Å². The molecule has 1 saturated carbocycles. The summed E-state index contributed by atoms with van der Waals surface area (Å²) in [7, 11) is 1.77. The van der Waals surface area contributed by atoms with E-state index in [1.54, 1.807) is 7.11 Å². The van der Waals surface area contributed by atoms with E-state index in [0.717, 1.165) is 51.9 Å². The summed E-state index contributed by atoms with van der Waals surface area (Å²) in [6.07, 6.45) is 7.75. The predicted octanol–water partition coefficient (Wildman–Crippen LogP) is 1.37. The van der Waals surface area contributed by atoms with Gasteiger partial charge in [0.25, 0.3) is 0 Å². The summed E-state index contributed by atoms with van der Waals surface area (Å²) < 4.78 is 5.37. The van der Waals surface area contributed by atoms with Crippen LogP contribution in [0.4, 0.5) is 0 Å². The van der Waals surface area contributed by atoms with E-state index in [4.69, 9.17) is 10.5 Å². The summed E-state index contributed by atoms with van der Waals surface area (Å²) in [6.45, 7) is 3.58. The molecule has 112 valence electrons. The van der Waals surface area contributed by atoms with Crippen LogP contribution in [0.15, 0.2) is 0 Å². The van der Waals surface area contributed by atoms with Gasteiger partial charge in [0.2, 0.25) is 0 Å². The van der Waals surface area contributed by atoms with Crippen LogP contribution in [0.5, 0.6) is 0 Å². The number of hydrogen-bond acceptors (Lipinski definition) is 4. The number of ether oxygens (including phenoxy) is 1. The summed E-state index contributed by atoms with van der Waals surface area (Å²) >= 11 is 0. The van der Waals surface area contributed by atoms with Crippen LogP contribution in [0.3, 0.4) is 0 Å². The predicted molar refractivity (Wildman–Crippen MR) is 77.1 cm³/mol. The molecule has 1 aliphatic heterocycles. The Labute approximate surface area is 117 Å². The summed E-state index contributed by atoms with van der Waals surface area (Å²) in [4.78, 5) is 2.53. The van der Waals surface area contributed by atoms with E-state index >= 15 is 0 Å². The number of fused-ring (bicyclic) bond motifs is 1. The molecule has 2 rings (SSSR count). The Balaban J connectivity index is 1.93. The number of rotatable bonds is 6. The first-order valence-electron chi connectivity index (χ1n) is 7.85. The average Bonchev–Trinajstić information content (AvgIpc) is 2.42. The molecule has 19 heavy (non-hydrogen) atoms. The van der Waals surface area contributed by atoms with Crippen molar-refractivity contribution < 1.29 is 9.84 Å². The quantitative estimate of drug-likeness (QED) is 0.765. The van der Waals surface area contributed by atoms with Crippen molar-refractivity contribution in [3.8, 4) is 0 Å². The van der Waals surface area contributed by atoms with Gasteiger partial charge in [0.1, 0.15) is 0 Å². The monoisotopic (exact) mass is 270 g/mol. The second-order valence-electron chi connectivity index (χ2n) is 6.33. The smallest absolute Gasteiger partial charge is 0.0700 e. The first-order chi connectivity index (χ1) is 9.19. The van der Waals surface area contributed by atoms with Crippen molar-refractivity contribution in [1.29, 1.82) is 0 Å². The highest BCUT2D eigenvalue weighted by Crippen LogP contribution is 2.40. The van der Waals surface area contributed by atoms with Crippen molar-refractivity contribution in [2.75, 3.05) is 33.4 Å². The largest absolute Gasteiger partial charge is 0.390 e. The zero-order chi connectivity index (χ0) is 13.7. The fraction of sp³-hybridized carbons (Fsp3) is 1.00. The zero-order valence-electron chi connectivity index (χ0n) is 12.3. The minimum Gasteiger partial charge on any atom is -0.390 e. The van der Waals surface area contributed by atoms with Crippen molar-refractivity contribution in [2.24, 2.45) is 11.7 Å². The Morgan fingerprint density at radius 1 is 1.42 bits per heavy atom. The standard InChI is InChI=1S/C15H30N2O2/c1-19-12-14(6-4-9-16)17-10-8-15(18)7-3-2-5-13(15)11-17/h13-14,18H,2-12,16H2,1H3. The number of likely N-dealkylation sites (tertiary alicyclic amines) is 1. The number of nitrogens with two attached hydrogens (primary N) is 1. The van der Waals surface area contributed by atoms with E-state index in [9.17, 15) is 5.11 Å². The Bertz CT molecular complexity index is 275. The highest BCUT2D eigenvalue weighted by molar-refractivity contribution is 4.96. The molecular formula is C15H30N2O2. The number of nitrogens with zero attached hydrogens (tertiary/aromatic N) is 1. The van der Waals surface area contributed by atoms with Gasteiger partial charge in [-0.05, 0) is 38.6 Å². The lowest BCUT2D eigenvalue weighted by Gasteiger charge is -2.49. The van der Waals surface area contributed by atoms with Crippen LogP contribution in [-0.2, 0) is 4.74 Å². The van der Waals surface area contributed by atoms with Gasteiger partial charge in [0.05, 0.1) is 12.2 Å². The van der Waals surface area contributed by atoms with Crippen LogP contribution in [0.1, 0.15) is 44.9 Å². The molecule has 3 N–H and O–H groups in total. The average molecular weight is 270 g/mol. The molecule has 0 spiro atoms. The van der Waals surface area contributed by atoms with Crippen molar-refractivity contribution in [1.82, 2.24) is 4.90 Å². The summed E-state index contributed by atoms with van der Waals surface area (Å²) in [5, 5.41) is 10.7. The van der Waals surface area contributed by atoms with Gasteiger partial charge in [-0.3, -0.25) is 4.90 Å². The van der Waals surface area contributed by atoms with E-state index < -0.39 is 0 Å². The van der Waals surface area contributed by atoms with E-state index in [0.29, 0.717) is 12.0 Å². The lowest BCUT2D eigenvalue weighted by atomic mass is 9.71. The molecule has 1 aliphatic carbocycles. The molecule has 0 radical (unpaired) electrons. The van der Waals surface area contributed by atoms with Gasteiger partial charge in [-0.15, -0.1) is 0 Å². The molecule has 2 aliphatic rings. The first kappa shape index (κ1) is 15.2. The third-order valence-electron chi connectivity index (χ3n) is 5.08. The number of piperidine rings is 1. The molecule has 0 amide bonds. The molecule has 1 saturated heterocycles. The van der Waals surface area contributed by atoms with E-state index in [-0.39, 0.29) is 5.60 Å². The van der Waals surface area contributed by atoms with Crippen LogP contribution in [0.2, 0.25) is 0 Å². The first-order valence-corrected chi connectivity index (χ1v) is 7.85. The van der Waals surface area contributed by atoms with E-state index in [2.05, 4.69) is 4.90 Å². The molecule has 3 unspecified atom stereocenters. The normalized spacial score (nSPS) is 33.9. The van der Waals surface area contributed by atoms with Gasteiger partial charge in [-0.25, -0.2) is 0 Å². The summed E-state index contributed by atoms with van der Waals surface area (Å²) in [6, 6.07) is 0.472. The van der Waals surface area contributed by atoms with Crippen molar-refractivity contribution in [3.05, 3.63) is 0 Å². The van der Waals surface area contributed by atoms with Gasteiger partial charge in [-0.2, -0.15) is 0 Å². The van der Waals surface area contributed by atoms with Crippen molar-refractivity contribution >= 4 is 0 Å². The Hall–Kier alpha value is -0.160. The Morgan fingerprint density at radius 2 is 2.26 bits per heavy atom. The Morgan fingerprint density at radius 3 is 3.00 bits per heavy atom. The lowest BCUT2D eigenvalue weighted by Crippen LogP contribution is -2.56. The van der Waals surface area contributed by atoms with Crippen LogP contribution in [-0.4, -0.2) is 55.0 Å². The number of hydrogen-bond donors (Lipinski definition) is 2. The van der Waals surface area contributed by atoms with Crippen LogP contribution in [0.25, 0.3) is 0 Å². The van der Waals surface area contributed by atoms with Gasteiger partial charge >= 0.3 is 0 Å². The van der Waals surface area contributed by atoms with Gasteiger partial charge in [0, 0.05) is 32.2 Å². The molecule has 4 heteroatoms. The second-order valence-corrected chi connectivity index (χ2v) is 6.33. The summed E-state index contributed by atoms with van der Waals surface area (Å²) in [5.74, 6) is 0.465. The molecule has 0 bridgehead atoms. The van der Waals surface area contributed by atoms with Gasteiger partial charge in [0.15, 0.2) is 0 Å². The molecule has 3 atom stereocenters. The number of methoxy groups -OCH3 is 1. The minimum atomic E-state index is -0.375. The third-order valence-corrected chi connectivity index (χ3v) is 5.08. The van der Waals surface area contributed by atoms with Gasteiger partial charge < -0.3 is 15.6 Å². The van der Waals surface area contributed by atoms with Crippen LogP contribution in [0, 0.1) is 5.92 Å². The van der Waals surface area contributed by atoms with E-state index in [1.807, 2.05) is 0 Å². The molecule has 1 heterocycles. The fourth-order valence-electron chi connectivity index (χ4n) is 3.85. The topological polar surface area (TPSA) is 58.7 Å². The molecule has 0 aromatic carbocycles. The highest BCUT2D eigenvalue weighted by atomic mass is 16.5. The third kappa shape index (κ3) is 3.69. The maximum atomic E-state index is 10.7. The van der Waals surface area contributed by atoms with Crippen LogP contribution < -0.4 is 5.73 Å². The molecular weight excluding hydrogens is 240 g/mol. The lowest BCUT2D eigenvalue weighted by molar-refractivity contribution is -0.107. The molecule has 0 aromatic heterocycles. The maximum absolute atomic E-state index is 10.7. The van der Waals surface area contributed by atoms with Crippen molar-refractivity contribution in [2.45, 2.75) is 56.6 Å². The maximum Gasteiger partial charge on any atom is 0.0700 e. The number of aliphatic hydroxyl groups is 1. The van der Waals surface area contributed by atoms with E-state index in [1.165, 1.54) is 19.3 Å². The fourth-order valence-corrected chi connectivity index (χ4v) is 3.85. The van der Waals surface area contributed by atoms with Crippen LogP contribution >= 0.6 is 0 Å². The molecule has 2 fully saturated rings. The summed E-state index contributed by atoms with van der Waals surface area (Å²) in [5.41, 5.74) is 5.26.